The molecule has 2 aromatic carbocycles. The number of benzene rings is 2. The summed E-state index contributed by atoms with van der Waals surface area (Å²) in [5.41, 5.74) is 10.9. The van der Waals surface area contributed by atoms with Crippen molar-refractivity contribution in [2.75, 3.05) is 0 Å². The summed E-state index contributed by atoms with van der Waals surface area (Å²) in [6, 6.07) is 14.4. The molecule has 54 heavy (non-hydrogen) atoms. The first-order valence-electron chi connectivity index (χ1n) is 23.5. The molecule has 0 saturated heterocycles. The average molecular weight is 834 g/mol. The van der Waals surface area contributed by atoms with Gasteiger partial charge in [0, 0.05) is 20.4 Å². The normalized spacial score (nSPS) is 12.0. The van der Waals surface area contributed by atoms with Crippen LogP contribution < -0.4 is 0 Å². The van der Waals surface area contributed by atoms with Gasteiger partial charge in [-0.25, -0.2) is 0 Å². The SMILES string of the molecule is CCCCCCCCCCCCCC(=Nc1ccc(CCCCC)c(CCCCC)c1)C(CCCC)=Nc1ccc(CCCCC)c(CCCCC)c1.[Pd]. The van der Waals surface area contributed by atoms with E-state index in [1.54, 1.807) is 11.1 Å². The fourth-order valence-corrected chi connectivity index (χ4v) is 7.72. The Morgan fingerprint density at radius 1 is 0.333 bits per heavy atom. The molecule has 0 amide bonds. The van der Waals surface area contributed by atoms with E-state index in [4.69, 9.17) is 9.98 Å². The van der Waals surface area contributed by atoms with E-state index in [1.807, 2.05) is 0 Å². The van der Waals surface area contributed by atoms with Gasteiger partial charge in [-0.1, -0.05) is 176 Å². The first-order chi connectivity index (χ1) is 26.1. The standard InChI is InChI=1S/C51H86N2.Pd/c1-7-13-19-20-21-22-23-24-25-26-31-37-51(53-49-41-39-45(33-28-15-9-3)47(43-49)35-30-17-11-5)50(36-18-12-6)52-48-40-38-44(32-27-14-8-2)46(42-48)34-29-16-10-4;/h38-43H,7-37H2,1-6H3;. The van der Waals surface area contributed by atoms with E-state index >= 15 is 0 Å². The zero-order chi connectivity index (χ0) is 38.2. The molecule has 0 aliphatic rings. The van der Waals surface area contributed by atoms with Crippen molar-refractivity contribution in [1.82, 2.24) is 0 Å². The van der Waals surface area contributed by atoms with Gasteiger partial charge in [0.05, 0.1) is 22.8 Å². The number of aliphatic imine (C=N–C) groups is 2. The van der Waals surface area contributed by atoms with Crippen molar-refractivity contribution < 1.29 is 20.4 Å². The minimum Gasteiger partial charge on any atom is -0.252 e. The molecule has 0 spiro atoms. The van der Waals surface area contributed by atoms with E-state index in [9.17, 15) is 0 Å². The molecule has 310 valence electrons. The number of nitrogens with zero attached hydrogens (tertiary/aromatic N) is 2. The minimum absolute atomic E-state index is 0. The van der Waals surface area contributed by atoms with Gasteiger partial charge in [-0.3, -0.25) is 9.98 Å². The van der Waals surface area contributed by atoms with Gasteiger partial charge in [-0.2, -0.15) is 0 Å². The second-order valence-electron chi connectivity index (χ2n) is 16.2. The van der Waals surface area contributed by atoms with Gasteiger partial charge in [0.15, 0.2) is 0 Å². The Balaban J connectivity index is 0.0000146. The van der Waals surface area contributed by atoms with E-state index in [2.05, 4.69) is 77.9 Å². The molecule has 0 heterocycles. The maximum atomic E-state index is 5.55. The molecule has 2 rings (SSSR count). The first kappa shape index (κ1) is 50.5. The second kappa shape index (κ2) is 34.7. The third kappa shape index (κ3) is 22.9. The number of aryl methyl sites for hydroxylation is 4. The predicted octanol–water partition coefficient (Wildman–Crippen LogP) is 17.4. The van der Waals surface area contributed by atoms with Crippen molar-refractivity contribution in [2.24, 2.45) is 9.98 Å². The van der Waals surface area contributed by atoms with E-state index in [0.29, 0.717) is 0 Å². The molecule has 3 heteroatoms. The van der Waals surface area contributed by atoms with E-state index in [-0.39, 0.29) is 20.4 Å². The van der Waals surface area contributed by atoms with Crippen molar-refractivity contribution in [3.05, 3.63) is 58.7 Å². The Kier molecular flexibility index (Phi) is 32.4. The minimum atomic E-state index is 0. The molecule has 2 nitrogen and oxygen atoms in total. The molecule has 0 bridgehead atoms. The largest absolute Gasteiger partial charge is 0.252 e. The van der Waals surface area contributed by atoms with Crippen LogP contribution in [0.25, 0.3) is 0 Å². The Labute approximate surface area is 350 Å². The third-order valence-electron chi connectivity index (χ3n) is 11.2. The van der Waals surface area contributed by atoms with Gasteiger partial charge in [-0.05, 0) is 124 Å². The molecule has 0 radical (unpaired) electrons. The van der Waals surface area contributed by atoms with E-state index in [1.165, 1.54) is 202 Å². The predicted molar refractivity (Wildman–Crippen MR) is 241 cm³/mol. The van der Waals surface area contributed by atoms with Crippen LogP contribution in [0, 0.1) is 0 Å². The topological polar surface area (TPSA) is 24.7 Å². The molecular formula is C51H86N2Pd. The van der Waals surface area contributed by atoms with E-state index < -0.39 is 0 Å². The van der Waals surface area contributed by atoms with Crippen LogP contribution in [0.4, 0.5) is 11.4 Å². The van der Waals surface area contributed by atoms with Crippen molar-refractivity contribution in [3.8, 4) is 0 Å². The average Bonchev–Trinajstić information content (AvgIpc) is 3.17. The van der Waals surface area contributed by atoms with Gasteiger partial charge in [-0.15, -0.1) is 0 Å². The van der Waals surface area contributed by atoms with Gasteiger partial charge < -0.3 is 0 Å². The molecule has 0 aliphatic heterocycles. The quantitative estimate of drug-likeness (QED) is 0.0381. The van der Waals surface area contributed by atoms with Crippen molar-refractivity contribution in [3.63, 3.8) is 0 Å². The number of unbranched alkanes of at least 4 members (excludes halogenated alkanes) is 19. The molecule has 0 unspecified atom stereocenters. The summed E-state index contributed by atoms with van der Waals surface area (Å²) in [6.07, 6.45) is 39.6. The van der Waals surface area contributed by atoms with Crippen LogP contribution in [0.5, 0.6) is 0 Å². The molecule has 0 saturated carbocycles. The van der Waals surface area contributed by atoms with Crippen LogP contribution >= 0.6 is 0 Å². The Morgan fingerprint density at radius 3 is 1.00 bits per heavy atom. The Morgan fingerprint density at radius 2 is 0.630 bits per heavy atom. The summed E-state index contributed by atoms with van der Waals surface area (Å²) in [4.78, 5) is 11.1. The van der Waals surface area contributed by atoms with Gasteiger partial charge in [0.25, 0.3) is 0 Å². The second-order valence-corrected chi connectivity index (χ2v) is 16.2. The fraction of sp³-hybridized carbons (Fsp3) is 0.725. The van der Waals surface area contributed by atoms with Crippen molar-refractivity contribution in [2.45, 2.75) is 241 Å². The Bertz CT molecular complexity index is 1240. The molecule has 2 aromatic rings. The van der Waals surface area contributed by atoms with Gasteiger partial charge in [0.2, 0.25) is 0 Å². The van der Waals surface area contributed by atoms with E-state index in [0.717, 1.165) is 30.6 Å². The van der Waals surface area contributed by atoms with Crippen LogP contribution in [-0.4, -0.2) is 11.4 Å². The monoisotopic (exact) mass is 833 g/mol. The summed E-state index contributed by atoms with van der Waals surface area (Å²) in [7, 11) is 0. The summed E-state index contributed by atoms with van der Waals surface area (Å²) in [6.45, 7) is 13.9. The maximum Gasteiger partial charge on any atom is 0.0636 e. The smallest absolute Gasteiger partial charge is 0.0636 e. The van der Waals surface area contributed by atoms with Crippen LogP contribution in [-0.2, 0) is 46.1 Å². The molecule has 0 aliphatic carbocycles. The van der Waals surface area contributed by atoms with Crippen LogP contribution in [0.3, 0.4) is 0 Å². The van der Waals surface area contributed by atoms with Crippen LogP contribution in [0.2, 0.25) is 0 Å². The first-order valence-corrected chi connectivity index (χ1v) is 23.5. The van der Waals surface area contributed by atoms with Crippen LogP contribution in [0.1, 0.15) is 237 Å². The molecular weight excluding hydrogens is 747 g/mol. The fourth-order valence-electron chi connectivity index (χ4n) is 7.72. The van der Waals surface area contributed by atoms with Gasteiger partial charge in [0.1, 0.15) is 0 Å². The van der Waals surface area contributed by atoms with Crippen molar-refractivity contribution in [1.29, 1.82) is 0 Å². The number of rotatable bonds is 34. The molecule has 0 fully saturated rings. The molecule has 0 aromatic heterocycles. The number of hydrogen-bond acceptors (Lipinski definition) is 2. The summed E-state index contributed by atoms with van der Waals surface area (Å²) < 4.78 is 0. The zero-order valence-electron chi connectivity index (χ0n) is 36.6. The van der Waals surface area contributed by atoms with Crippen molar-refractivity contribution >= 4 is 22.8 Å². The zero-order valence-corrected chi connectivity index (χ0v) is 38.1. The molecule has 0 N–H and O–H groups in total. The van der Waals surface area contributed by atoms with Crippen LogP contribution in [0.15, 0.2) is 46.4 Å². The number of hydrogen-bond donors (Lipinski definition) is 0. The summed E-state index contributed by atoms with van der Waals surface area (Å²) in [5.74, 6) is 0. The molecule has 0 atom stereocenters. The summed E-state index contributed by atoms with van der Waals surface area (Å²) in [5, 5.41) is 0. The maximum absolute atomic E-state index is 5.55. The third-order valence-corrected chi connectivity index (χ3v) is 11.2. The summed E-state index contributed by atoms with van der Waals surface area (Å²) >= 11 is 0. The Hall–Kier alpha value is -1.56. The van der Waals surface area contributed by atoms with Gasteiger partial charge >= 0.3 is 0 Å².